The molecule has 2 atom stereocenters. The normalized spacial score (nSPS) is 16.7. The maximum absolute atomic E-state index is 14.9. The van der Waals surface area contributed by atoms with E-state index in [1.165, 1.54) is 35.0 Å². The van der Waals surface area contributed by atoms with Crippen LogP contribution in [0.4, 0.5) is 8.78 Å². The van der Waals surface area contributed by atoms with Gasteiger partial charge in [-0.25, -0.2) is 23.4 Å². The van der Waals surface area contributed by atoms with E-state index >= 15 is 0 Å². The number of aromatic nitrogens is 4. The van der Waals surface area contributed by atoms with Crippen molar-refractivity contribution in [3.63, 3.8) is 0 Å². The monoisotopic (exact) mass is 481 g/mol. The van der Waals surface area contributed by atoms with Gasteiger partial charge in [0.15, 0.2) is 0 Å². The van der Waals surface area contributed by atoms with Gasteiger partial charge in [-0.3, -0.25) is 4.90 Å². The first-order valence-electron chi connectivity index (χ1n) is 11.1. The summed E-state index contributed by atoms with van der Waals surface area (Å²) in [5.41, 5.74) is 1.72. The summed E-state index contributed by atoms with van der Waals surface area (Å²) in [6.45, 7) is 5.15. The molecule has 2 aromatic carbocycles. The van der Waals surface area contributed by atoms with Gasteiger partial charge >= 0.3 is 0 Å². The minimum atomic E-state index is -1.66. The standard InChI is InChI=1S/C25H25F2N5OS/c1-16-3-5-18(6-4-16)24-30-22-9-10-31(12-23(22)34-24)17(2)25(33,13-32-15-28-14-29-32)20-8-7-19(26)11-21(20)27/h3-8,11,14-15,17,33H,9-10,12-13H2,1-2H3/t17-,25-/m1/s1. The summed E-state index contributed by atoms with van der Waals surface area (Å²) in [6.07, 6.45) is 3.57. The number of aliphatic hydroxyl groups is 1. The van der Waals surface area contributed by atoms with Gasteiger partial charge in [0.1, 0.15) is 34.9 Å². The van der Waals surface area contributed by atoms with Crippen molar-refractivity contribution in [2.24, 2.45) is 0 Å². The second kappa shape index (κ2) is 8.98. The summed E-state index contributed by atoms with van der Waals surface area (Å²) in [4.78, 5) is 12.1. The van der Waals surface area contributed by atoms with Crippen LogP contribution in [0.2, 0.25) is 0 Å². The molecule has 6 nitrogen and oxygen atoms in total. The number of rotatable bonds is 6. The molecule has 3 heterocycles. The highest BCUT2D eigenvalue weighted by Gasteiger charge is 2.43. The average Bonchev–Trinajstić information content (AvgIpc) is 3.48. The molecule has 4 aromatic rings. The third-order valence-electron chi connectivity index (χ3n) is 6.57. The van der Waals surface area contributed by atoms with Gasteiger partial charge in [-0.1, -0.05) is 35.9 Å². The molecule has 0 saturated carbocycles. The van der Waals surface area contributed by atoms with E-state index in [0.29, 0.717) is 13.1 Å². The third kappa shape index (κ3) is 4.26. The number of hydrogen-bond acceptors (Lipinski definition) is 6. The van der Waals surface area contributed by atoms with Crippen LogP contribution in [-0.4, -0.2) is 42.3 Å². The molecule has 176 valence electrons. The van der Waals surface area contributed by atoms with Crippen molar-refractivity contribution in [1.82, 2.24) is 24.6 Å². The third-order valence-corrected chi connectivity index (χ3v) is 7.70. The Bertz CT molecular complexity index is 1290. The largest absolute Gasteiger partial charge is 0.381 e. The van der Waals surface area contributed by atoms with Crippen LogP contribution in [0.25, 0.3) is 10.6 Å². The number of fused-ring (bicyclic) bond motifs is 1. The first-order chi connectivity index (χ1) is 16.3. The maximum Gasteiger partial charge on any atom is 0.137 e. The van der Waals surface area contributed by atoms with E-state index in [0.717, 1.165) is 33.6 Å². The summed E-state index contributed by atoms with van der Waals surface area (Å²) in [7, 11) is 0. The summed E-state index contributed by atoms with van der Waals surface area (Å²) >= 11 is 1.65. The first kappa shape index (κ1) is 22.8. The molecule has 5 rings (SSSR count). The van der Waals surface area contributed by atoms with Crippen LogP contribution in [0.1, 0.15) is 28.6 Å². The molecule has 0 aliphatic carbocycles. The summed E-state index contributed by atoms with van der Waals surface area (Å²) in [5, 5.41) is 17.0. The zero-order valence-corrected chi connectivity index (χ0v) is 19.8. The number of hydrogen-bond donors (Lipinski definition) is 1. The first-order valence-corrected chi connectivity index (χ1v) is 11.9. The number of nitrogens with zero attached hydrogens (tertiary/aromatic N) is 5. The average molecular weight is 482 g/mol. The van der Waals surface area contributed by atoms with Crippen molar-refractivity contribution in [2.75, 3.05) is 6.54 Å². The van der Waals surface area contributed by atoms with E-state index in [1.807, 2.05) is 6.92 Å². The van der Waals surface area contributed by atoms with Crippen molar-refractivity contribution >= 4 is 11.3 Å². The predicted molar refractivity (Wildman–Crippen MR) is 126 cm³/mol. The predicted octanol–water partition coefficient (Wildman–Crippen LogP) is 4.32. The molecular formula is C25H25F2N5OS. The van der Waals surface area contributed by atoms with E-state index in [1.54, 1.807) is 11.3 Å². The number of benzene rings is 2. The number of aryl methyl sites for hydroxylation is 1. The Morgan fingerprint density at radius 1 is 1.18 bits per heavy atom. The van der Waals surface area contributed by atoms with Gasteiger partial charge in [-0.2, -0.15) is 5.10 Å². The summed E-state index contributed by atoms with van der Waals surface area (Å²) in [5.74, 6) is -1.47. The lowest BCUT2D eigenvalue weighted by atomic mass is 9.85. The van der Waals surface area contributed by atoms with Crippen LogP contribution in [0.5, 0.6) is 0 Å². The van der Waals surface area contributed by atoms with Crippen molar-refractivity contribution in [3.8, 4) is 10.6 Å². The molecule has 0 amide bonds. The van der Waals surface area contributed by atoms with Crippen LogP contribution in [-0.2, 0) is 25.1 Å². The lowest BCUT2D eigenvalue weighted by Crippen LogP contribution is -2.53. The van der Waals surface area contributed by atoms with E-state index < -0.39 is 23.3 Å². The molecule has 0 radical (unpaired) electrons. The Hall–Kier alpha value is -3.01. The Morgan fingerprint density at radius 3 is 2.68 bits per heavy atom. The lowest BCUT2D eigenvalue weighted by molar-refractivity contribution is -0.0675. The molecule has 0 spiro atoms. The van der Waals surface area contributed by atoms with Gasteiger partial charge in [0.25, 0.3) is 0 Å². The van der Waals surface area contributed by atoms with Gasteiger partial charge < -0.3 is 5.11 Å². The lowest BCUT2D eigenvalue weighted by Gasteiger charge is -2.42. The Balaban J connectivity index is 1.45. The van der Waals surface area contributed by atoms with Crippen molar-refractivity contribution in [2.45, 2.75) is 45.0 Å². The molecule has 0 saturated heterocycles. The second-order valence-electron chi connectivity index (χ2n) is 8.79. The zero-order chi connectivity index (χ0) is 23.9. The highest BCUT2D eigenvalue weighted by atomic mass is 32.1. The smallest absolute Gasteiger partial charge is 0.137 e. The molecule has 1 aliphatic rings. The van der Waals surface area contributed by atoms with Crippen molar-refractivity contribution in [1.29, 1.82) is 0 Å². The van der Waals surface area contributed by atoms with E-state index in [2.05, 4.69) is 46.2 Å². The van der Waals surface area contributed by atoms with Gasteiger partial charge in [0, 0.05) is 47.6 Å². The molecule has 2 aromatic heterocycles. The quantitative estimate of drug-likeness (QED) is 0.444. The zero-order valence-electron chi connectivity index (χ0n) is 18.9. The topological polar surface area (TPSA) is 67.1 Å². The van der Waals surface area contributed by atoms with Crippen LogP contribution in [0.15, 0.2) is 55.1 Å². The van der Waals surface area contributed by atoms with Gasteiger partial charge in [-0.05, 0) is 19.9 Å². The van der Waals surface area contributed by atoms with Crippen LogP contribution in [0, 0.1) is 18.6 Å². The van der Waals surface area contributed by atoms with Crippen LogP contribution in [0.3, 0.4) is 0 Å². The highest BCUT2D eigenvalue weighted by molar-refractivity contribution is 7.15. The Kier molecular flexibility index (Phi) is 6.01. The second-order valence-corrected chi connectivity index (χ2v) is 9.88. The maximum atomic E-state index is 14.9. The van der Waals surface area contributed by atoms with E-state index in [4.69, 9.17) is 4.98 Å². The number of halogens is 2. The fraction of sp³-hybridized carbons (Fsp3) is 0.320. The van der Waals surface area contributed by atoms with E-state index in [-0.39, 0.29) is 12.1 Å². The van der Waals surface area contributed by atoms with Gasteiger partial charge in [0.05, 0.1) is 12.2 Å². The van der Waals surface area contributed by atoms with Crippen LogP contribution < -0.4 is 0 Å². The molecule has 1 N–H and O–H groups in total. The fourth-order valence-electron chi connectivity index (χ4n) is 4.51. The Morgan fingerprint density at radius 2 is 1.97 bits per heavy atom. The molecule has 34 heavy (non-hydrogen) atoms. The molecule has 9 heteroatoms. The minimum absolute atomic E-state index is 0.0165. The molecular weight excluding hydrogens is 456 g/mol. The number of thiazole rings is 1. The van der Waals surface area contributed by atoms with Crippen molar-refractivity contribution in [3.05, 3.63) is 88.5 Å². The molecule has 0 unspecified atom stereocenters. The SMILES string of the molecule is Cc1ccc(-c2nc3c(s2)CN([C@H](C)[C@](O)(Cn2cncn2)c2ccc(F)cc2F)CC3)cc1. The molecule has 1 aliphatic heterocycles. The summed E-state index contributed by atoms with van der Waals surface area (Å²) in [6, 6.07) is 11.1. The van der Waals surface area contributed by atoms with Crippen molar-refractivity contribution < 1.29 is 13.9 Å². The minimum Gasteiger partial charge on any atom is -0.381 e. The van der Waals surface area contributed by atoms with Crippen LogP contribution >= 0.6 is 11.3 Å². The highest BCUT2D eigenvalue weighted by Crippen LogP contribution is 2.37. The molecule has 0 bridgehead atoms. The fourth-order valence-corrected chi connectivity index (χ4v) is 5.65. The van der Waals surface area contributed by atoms with Gasteiger partial charge in [0.2, 0.25) is 0 Å². The van der Waals surface area contributed by atoms with E-state index in [9.17, 15) is 13.9 Å². The summed E-state index contributed by atoms with van der Waals surface area (Å²) < 4.78 is 30.0. The Labute approximate surface area is 200 Å². The molecule has 0 fully saturated rings. The van der Waals surface area contributed by atoms with Gasteiger partial charge in [-0.15, -0.1) is 11.3 Å².